The van der Waals surface area contributed by atoms with Crippen molar-refractivity contribution in [3.05, 3.63) is 65.7 Å². The van der Waals surface area contributed by atoms with Crippen LogP contribution in [0.15, 0.2) is 59.6 Å². The van der Waals surface area contributed by atoms with E-state index in [4.69, 9.17) is 10.7 Å². The smallest absolute Gasteiger partial charge is 0.326 e. The van der Waals surface area contributed by atoms with Gasteiger partial charge < -0.3 is 21.1 Å². The van der Waals surface area contributed by atoms with Crippen molar-refractivity contribution in [1.29, 1.82) is 0 Å². The molecule has 1 heterocycles. The van der Waals surface area contributed by atoms with Gasteiger partial charge in [-0.2, -0.15) is 24.4 Å². The number of hydrogen-bond acceptors (Lipinski definition) is 8. The Kier molecular flexibility index (Phi) is 10.3. The minimum atomic E-state index is -1.32. The molecule has 1 aliphatic rings. The van der Waals surface area contributed by atoms with Gasteiger partial charge in [0.15, 0.2) is 0 Å². The highest BCUT2D eigenvalue weighted by Gasteiger charge is 2.38. The molecule has 3 atom stereocenters. The van der Waals surface area contributed by atoms with Gasteiger partial charge in [-0.1, -0.05) is 48.5 Å². The summed E-state index contributed by atoms with van der Waals surface area (Å²) in [6.07, 6.45) is 0.751. The summed E-state index contributed by atoms with van der Waals surface area (Å²) in [5, 5.41) is 12.1. The molecule has 10 nitrogen and oxygen atoms in total. The number of thioether (sulfide) groups is 1. The summed E-state index contributed by atoms with van der Waals surface area (Å²) in [6, 6.07) is 14.1. The lowest BCUT2D eigenvalue weighted by Gasteiger charge is -2.30. The average Bonchev–Trinajstić information content (AvgIpc) is 3.04. The Morgan fingerprint density at radius 3 is 2.47 bits per heavy atom. The number of carboxylic acid groups (broad SMARTS) is 1. The van der Waals surface area contributed by atoms with E-state index in [1.54, 1.807) is 24.3 Å². The summed E-state index contributed by atoms with van der Waals surface area (Å²) in [5.41, 5.74) is 8.08. The number of carbonyl (C=O) groups excluding carboxylic acids is 3. The Morgan fingerprint density at radius 2 is 1.84 bits per heavy atom. The van der Waals surface area contributed by atoms with Gasteiger partial charge in [-0.05, 0) is 24.5 Å². The lowest BCUT2D eigenvalue weighted by atomic mass is 10.0. The molecule has 4 N–H and O–H groups in total. The third-order valence-corrected chi connectivity index (χ3v) is 7.05. The van der Waals surface area contributed by atoms with E-state index in [0.717, 1.165) is 4.90 Å². The van der Waals surface area contributed by atoms with Gasteiger partial charge in [0.2, 0.25) is 18.0 Å². The highest BCUT2D eigenvalue weighted by molar-refractivity contribution is 7.98. The van der Waals surface area contributed by atoms with E-state index >= 15 is 0 Å². The number of aliphatic carboxylic acids is 1. The van der Waals surface area contributed by atoms with Crippen LogP contribution in [0.5, 0.6) is 0 Å². The second-order valence-corrected chi connectivity index (χ2v) is 9.99. The minimum absolute atomic E-state index is 0.0678. The SMILES string of the molecule is CSCC[C@H](NC(=O)CN1C(=O)[C@@H](N(C)C(=O)[C@@H](N)CS)N=C(c2ccccc2)c2ccccc21)C(=O)O. The maximum Gasteiger partial charge on any atom is 0.326 e. The molecular formula is C26H31N5O5S2. The zero-order chi connectivity index (χ0) is 27.8. The van der Waals surface area contributed by atoms with Crippen LogP contribution < -0.4 is 16.0 Å². The molecule has 0 unspecified atom stereocenters. The molecule has 0 spiro atoms. The molecule has 3 rings (SSSR count). The summed E-state index contributed by atoms with van der Waals surface area (Å²) in [6.45, 7) is -0.465. The van der Waals surface area contributed by atoms with Crippen molar-refractivity contribution in [2.45, 2.75) is 24.7 Å². The Bertz CT molecular complexity index is 1210. The number of hydrogen-bond donors (Lipinski definition) is 4. The van der Waals surface area contributed by atoms with Crippen LogP contribution in [0.1, 0.15) is 17.5 Å². The summed E-state index contributed by atoms with van der Waals surface area (Å²) in [5.74, 6) is -2.36. The Hall–Kier alpha value is -3.35. The third-order valence-electron chi connectivity index (χ3n) is 6.01. The van der Waals surface area contributed by atoms with Gasteiger partial charge in [0.1, 0.15) is 12.6 Å². The zero-order valence-electron chi connectivity index (χ0n) is 21.1. The molecule has 0 saturated heterocycles. The van der Waals surface area contributed by atoms with Crippen molar-refractivity contribution >= 4 is 59.5 Å². The van der Waals surface area contributed by atoms with Crippen LogP contribution >= 0.6 is 24.4 Å². The lowest BCUT2D eigenvalue weighted by Crippen LogP contribution is -2.55. The number of carboxylic acids is 1. The van der Waals surface area contributed by atoms with Gasteiger partial charge in [-0.15, -0.1) is 0 Å². The molecule has 0 saturated carbocycles. The molecule has 202 valence electrons. The molecule has 0 fully saturated rings. The van der Waals surface area contributed by atoms with E-state index in [-0.39, 0.29) is 12.2 Å². The molecule has 12 heteroatoms. The molecule has 1 aliphatic heterocycles. The maximum absolute atomic E-state index is 13.9. The van der Waals surface area contributed by atoms with Gasteiger partial charge >= 0.3 is 5.97 Å². The van der Waals surface area contributed by atoms with E-state index < -0.39 is 48.5 Å². The van der Waals surface area contributed by atoms with Crippen LogP contribution in [0, 0.1) is 0 Å². The van der Waals surface area contributed by atoms with Crippen LogP contribution in [0.3, 0.4) is 0 Å². The van der Waals surface area contributed by atoms with Gasteiger partial charge in [-0.3, -0.25) is 19.3 Å². The Labute approximate surface area is 231 Å². The number of nitrogens with zero attached hydrogens (tertiary/aromatic N) is 3. The minimum Gasteiger partial charge on any atom is -0.480 e. The monoisotopic (exact) mass is 557 g/mol. The first-order valence-corrected chi connectivity index (χ1v) is 13.9. The van der Waals surface area contributed by atoms with Gasteiger partial charge in [0.05, 0.1) is 17.4 Å². The normalized spacial score (nSPS) is 16.5. The third kappa shape index (κ3) is 6.74. The second kappa shape index (κ2) is 13.4. The van der Waals surface area contributed by atoms with Crippen LogP contribution in [-0.4, -0.2) is 89.0 Å². The number of thiol groups is 1. The summed E-state index contributed by atoms with van der Waals surface area (Å²) >= 11 is 5.57. The number of carbonyl (C=O) groups is 4. The number of aliphatic imine (C=N–C) groups is 1. The maximum atomic E-state index is 13.9. The number of benzodiazepines with no additional fused rings is 1. The fraction of sp³-hybridized carbons (Fsp3) is 0.346. The second-order valence-electron chi connectivity index (χ2n) is 8.64. The van der Waals surface area contributed by atoms with Gasteiger partial charge in [-0.25, -0.2) is 9.79 Å². The van der Waals surface area contributed by atoms with Crippen LogP contribution in [0.4, 0.5) is 5.69 Å². The quantitative estimate of drug-likeness (QED) is 0.304. The fourth-order valence-electron chi connectivity index (χ4n) is 3.99. The molecule has 0 aromatic heterocycles. The summed E-state index contributed by atoms with van der Waals surface area (Å²) in [4.78, 5) is 58.7. The summed E-state index contributed by atoms with van der Waals surface area (Å²) in [7, 11) is 1.43. The Balaban J connectivity index is 2.07. The first kappa shape index (κ1) is 29.2. The lowest BCUT2D eigenvalue weighted by molar-refractivity contribution is -0.142. The van der Waals surface area contributed by atoms with Crippen molar-refractivity contribution < 1.29 is 24.3 Å². The van der Waals surface area contributed by atoms with E-state index in [1.807, 2.05) is 36.6 Å². The number of nitrogens with one attached hydrogen (secondary N) is 1. The highest BCUT2D eigenvalue weighted by atomic mass is 32.2. The number of para-hydroxylation sites is 1. The number of likely N-dealkylation sites (N-methyl/N-ethyl adjacent to an activating group) is 1. The number of fused-ring (bicyclic) bond motifs is 1. The van der Waals surface area contributed by atoms with Crippen molar-refractivity contribution in [3.8, 4) is 0 Å². The van der Waals surface area contributed by atoms with Crippen molar-refractivity contribution in [2.75, 3.05) is 36.3 Å². The first-order valence-electron chi connectivity index (χ1n) is 11.9. The van der Waals surface area contributed by atoms with E-state index in [0.29, 0.717) is 28.3 Å². The van der Waals surface area contributed by atoms with Gasteiger partial charge in [0, 0.05) is 23.9 Å². The molecule has 2 aromatic carbocycles. The summed E-state index contributed by atoms with van der Waals surface area (Å²) < 4.78 is 0. The number of nitrogens with two attached hydrogens (primary N) is 1. The van der Waals surface area contributed by atoms with Crippen LogP contribution in [0.25, 0.3) is 0 Å². The first-order chi connectivity index (χ1) is 18.2. The topological polar surface area (TPSA) is 145 Å². The molecule has 3 amide bonds. The zero-order valence-corrected chi connectivity index (χ0v) is 22.8. The predicted octanol–water partition coefficient (Wildman–Crippen LogP) is 1.23. The number of anilines is 1. The molecule has 0 bridgehead atoms. The van der Waals surface area contributed by atoms with E-state index in [9.17, 15) is 24.3 Å². The molecule has 38 heavy (non-hydrogen) atoms. The molecular weight excluding hydrogens is 526 g/mol. The van der Waals surface area contributed by atoms with Crippen molar-refractivity contribution in [3.63, 3.8) is 0 Å². The van der Waals surface area contributed by atoms with Crippen molar-refractivity contribution in [2.24, 2.45) is 10.7 Å². The fourth-order valence-corrected chi connectivity index (χ4v) is 4.62. The number of amides is 3. The van der Waals surface area contributed by atoms with Crippen molar-refractivity contribution in [1.82, 2.24) is 10.2 Å². The number of benzene rings is 2. The molecule has 2 aromatic rings. The van der Waals surface area contributed by atoms with Crippen LogP contribution in [0.2, 0.25) is 0 Å². The molecule has 0 radical (unpaired) electrons. The van der Waals surface area contributed by atoms with E-state index in [2.05, 4.69) is 17.9 Å². The highest BCUT2D eigenvalue weighted by Crippen LogP contribution is 2.29. The molecule has 0 aliphatic carbocycles. The van der Waals surface area contributed by atoms with Crippen LogP contribution in [-0.2, 0) is 19.2 Å². The largest absolute Gasteiger partial charge is 0.480 e. The number of rotatable bonds is 11. The van der Waals surface area contributed by atoms with Gasteiger partial charge in [0.25, 0.3) is 5.91 Å². The van der Waals surface area contributed by atoms with E-state index in [1.165, 1.54) is 23.7 Å². The predicted molar refractivity (Wildman–Crippen MR) is 152 cm³/mol. The average molecular weight is 558 g/mol. The Morgan fingerprint density at radius 1 is 1.18 bits per heavy atom. The standard InChI is InChI=1S/C26H31N5O5S2/c1-30(24(33)18(27)15-37)23-25(34)31(14-21(32)28-19(26(35)36)12-13-38-2)20-11-7-6-10-17(20)22(29-23)16-8-4-3-5-9-16/h3-11,18-19,23,37H,12-15,27H2,1-2H3,(H,28,32)(H,35,36)/t18-,19-,23+/m0/s1.